The van der Waals surface area contributed by atoms with E-state index in [9.17, 15) is 4.79 Å². The number of hydrogen-bond donors (Lipinski definition) is 0. The lowest BCUT2D eigenvalue weighted by Gasteiger charge is -2.25. The van der Waals surface area contributed by atoms with Gasteiger partial charge in [0.15, 0.2) is 0 Å². The number of rotatable bonds is 3. The van der Waals surface area contributed by atoms with E-state index in [1.807, 2.05) is 31.2 Å². The lowest BCUT2D eigenvalue weighted by Crippen LogP contribution is -2.25. The Morgan fingerprint density at radius 3 is 2.71 bits per heavy atom. The van der Waals surface area contributed by atoms with Crippen LogP contribution < -0.4 is 0 Å². The molecule has 0 aromatic heterocycles. The standard InChI is InChI=1S/C13H15NO3/c1-13(17-3)6-4-10(5-7-13)8-11(9-14)12(15)16-2/h4-6,8H,7H2,1-3H3. The Hall–Kier alpha value is -1.86. The molecule has 0 N–H and O–H groups in total. The number of carbonyl (C=O) groups is 1. The first kappa shape index (κ1) is 13.2. The first-order valence-electron chi connectivity index (χ1n) is 5.19. The van der Waals surface area contributed by atoms with Gasteiger partial charge in [-0.2, -0.15) is 5.26 Å². The lowest BCUT2D eigenvalue weighted by atomic mass is 9.93. The van der Waals surface area contributed by atoms with Crippen molar-refractivity contribution in [3.63, 3.8) is 0 Å². The van der Waals surface area contributed by atoms with Gasteiger partial charge in [-0.15, -0.1) is 0 Å². The van der Waals surface area contributed by atoms with Gasteiger partial charge in [-0.05, 0) is 25.0 Å². The van der Waals surface area contributed by atoms with Gasteiger partial charge in [0.1, 0.15) is 11.6 Å². The predicted octanol–water partition coefficient (Wildman–Crippen LogP) is 1.90. The number of hydrogen-bond acceptors (Lipinski definition) is 4. The van der Waals surface area contributed by atoms with E-state index >= 15 is 0 Å². The van der Waals surface area contributed by atoms with E-state index in [-0.39, 0.29) is 11.2 Å². The Balaban J connectivity index is 2.86. The second-order valence-corrected chi connectivity index (χ2v) is 3.92. The quantitative estimate of drug-likeness (QED) is 0.424. The van der Waals surface area contributed by atoms with Gasteiger partial charge in [0.05, 0.1) is 12.7 Å². The third-order valence-electron chi connectivity index (χ3n) is 2.67. The molecule has 0 aromatic rings. The Kier molecular flexibility index (Phi) is 4.24. The van der Waals surface area contributed by atoms with E-state index in [0.717, 1.165) is 5.57 Å². The fraction of sp³-hybridized carbons (Fsp3) is 0.385. The van der Waals surface area contributed by atoms with Crippen LogP contribution in [0.15, 0.2) is 35.5 Å². The van der Waals surface area contributed by atoms with E-state index in [1.165, 1.54) is 13.2 Å². The molecule has 1 rings (SSSR count). The summed E-state index contributed by atoms with van der Waals surface area (Å²) < 4.78 is 9.82. The second kappa shape index (κ2) is 5.46. The monoisotopic (exact) mass is 233 g/mol. The average molecular weight is 233 g/mol. The molecule has 17 heavy (non-hydrogen) atoms. The first-order chi connectivity index (χ1) is 8.04. The maximum Gasteiger partial charge on any atom is 0.348 e. The summed E-state index contributed by atoms with van der Waals surface area (Å²) in [4.78, 5) is 11.2. The Labute approximate surface area is 101 Å². The van der Waals surface area contributed by atoms with Crippen LogP contribution >= 0.6 is 0 Å². The Morgan fingerprint density at radius 2 is 2.29 bits per heavy atom. The highest BCUT2D eigenvalue weighted by Gasteiger charge is 2.21. The number of methoxy groups -OCH3 is 2. The molecule has 0 amide bonds. The summed E-state index contributed by atoms with van der Waals surface area (Å²) in [5.41, 5.74) is 0.487. The van der Waals surface area contributed by atoms with Crippen molar-refractivity contribution in [3.8, 4) is 6.07 Å². The van der Waals surface area contributed by atoms with Gasteiger partial charge in [-0.3, -0.25) is 0 Å². The van der Waals surface area contributed by atoms with E-state index in [0.29, 0.717) is 6.42 Å². The predicted molar refractivity (Wildman–Crippen MR) is 63.0 cm³/mol. The van der Waals surface area contributed by atoms with Crippen LogP contribution in [0.1, 0.15) is 13.3 Å². The normalized spacial score (nSPS) is 23.9. The number of ether oxygens (including phenoxy) is 2. The molecular formula is C13H15NO3. The van der Waals surface area contributed by atoms with Crippen molar-refractivity contribution >= 4 is 5.97 Å². The third kappa shape index (κ3) is 3.30. The van der Waals surface area contributed by atoms with E-state index in [4.69, 9.17) is 10.00 Å². The number of nitrogens with zero attached hydrogens (tertiary/aromatic N) is 1. The van der Waals surface area contributed by atoms with Crippen molar-refractivity contribution in [1.29, 1.82) is 5.26 Å². The maximum atomic E-state index is 11.2. The van der Waals surface area contributed by atoms with Gasteiger partial charge >= 0.3 is 5.97 Å². The summed E-state index contributed by atoms with van der Waals surface area (Å²) in [7, 11) is 2.90. The molecule has 0 radical (unpaired) electrons. The highest BCUT2D eigenvalue weighted by Crippen LogP contribution is 2.24. The zero-order valence-corrected chi connectivity index (χ0v) is 10.2. The van der Waals surface area contributed by atoms with E-state index in [2.05, 4.69) is 4.74 Å². The van der Waals surface area contributed by atoms with Gasteiger partial charge in [0, 0.05) is 7.11 Å². The smallest absolute Gasteiger partial charge is 0.348 e. The minimum absolute atomic E-state index is 0.00980. The fourth-order valence-corrected chi connectivity index (χ4v) is 1.40. The molecule has 0 saturated carbocycles. The molecule has 0 aliphatic heterocycles. The van der Waals surface area contributed by atoms with Crippen molar-refractivity contribution in [2.24, 2.45) is 0 Å². The third-order valence-corrected chi connectivity index (χ3v) is 2.67. The van der Waals surface area contributed by atoms with Gasteiger partial charge in [-0.1, -0.05) is 18.2 Å². The molecule has 1 aliphatic rings. The molecule has 0 spiro atoms. The van der Waals surface area contributed by atoms with Gasteiger partial charge in [0.25, 0.3) is 0 Å². The minimum atomic E-state index is -0.623. The zero-order chi connectivity index (χ0) is 12.9. The van der Waals surface area contributed by atoms with Crippen molar-refractivity contribution in [2.75, 3.05) is 14.2 Å². The largest absolute Gasteiger partial charge is 0.465 e. The summed E-state index contributed by atoms with van der Waals surface area (Å²) in [5, 5.41) is 8.81. The topological polar surface area (TPSA) is 59.3 Å². The van der Waals surface area contributed by atoms with Crippen LogP contribution in [0.4, 0.5) is 0 Å². The number of allylic oxidation sites excluding steroid dienone is 3. The van der Waals surface area contributed by atoms with Gasteiger partial charge in [-0.25, -0.2) is 4.79 Å². The maximum absolute atomic E-state index is 11.2. The highest BCUT2D eigenvalue weighted by molar-refractivity contribution is 5.93. The molecule has 1 unspecified atom stereocenters. The van der Waals surface area contributed by atoms with Crippen molar-refractivity contribution in [1.82, 2.24) is 0 Å². The van der Waals surface area contributed by atoms with Crippen LogP contribution in [-0.4, -0.2) is 25.8 Å². The molecule has 90 valence electrons. The van der Waals surface area contributed by atoms with Gasteiger partial charge in [0.2, 0.25) is 0 Å². The molecule has 0 bridgehead atoms. The molecule has 0 heterocycles. The minimum Gasteiger partial charge on any atom is -0.465 e. The van der Waals surface area contributed by atoms with E-state index in [1.54, 1.807) is 7.11 Å². The first-order valence-corrected chi connectivity index (χ1v) is 5.19. The number of carbonyl (C=O) groups excluding carboxylic acids is 1. The summed E-state index contributed by atoms with van der Waals surface area (Å²) in [6.45, 7) is 1.96. The fourth-order valence-electron chi connectivity index (χ4n) is 1.40. The van der Waals surface area contributed by atoms with Crippen molar-refractivity contribution in [3.05, 3.63) is 35.5 Å². The van der Waals surface area contributed by atoms with Crippen LogP contribution in [-0.2, 0) is 14.3 Å². The van der Waals surface area contributed by atoms with Crippen LogP contribution in [0.2, 0.25) is 0 Å². The van der Waals surface area contributed by atoms with Crippen molar-refractivity contribution in [2.45, 2.75) is 18.9 Å². The highest BCUT2D eigenvalue weighted by atomic mass is 16.5. The molecule has 1 atom stereocenters. The summed E-state index contributed by atoms with van der Waals surface area (Å²) in [5.74, 6) is -0.623. The van der Waals surface area contributed by atoms with Crippen LogP contribution in [0.25, 0.3) is 0 Å². The summed E-state index contributed by atoms with van der Waals surface area (Å²) in [6, 6.07) is 1.82. The Bertz CT molecular complexity index is 440. The van der Waals surface area contributed by atoms with Gasteiger partial charge < -0.3 is 9.47 Å². The molecule has 4 heteroatoms. The van der Waals surface area contributed by atoms with Crippen molar-refractivity contribution < 1.29 is 14.3 Å². The molecular weight excluding hydrogens is 218 g/mol. The molecule has 4 nitrogen and oxygen atoms in total. The molecule has 1 aliphatic carbocycles. The van der Waals surface area contributed by atoms with Crippen LogP contribution in [0.3, 0.4) is 0 Å². The van der Waals surface area contributed by atoms with Crippen LogP contribution in [0.5, 0.6) is 0 Å². The summed E-state index contributed by atoms with van der Waals surface area (Å²) in [6.07, 6.45) is 7.87. The second-order valence-electron chi connectivity index (χ2n) is 3.92. The average Bonchev–Trinajstić information content (AvgIpc) is 2.37. The van der Waals surface area contributed by atoms with E-state index < -0.39 is 5.97 Å². The zero-order valence-electron chi connectivity index (χ0n) is 10.2. The SMILES string of the molecule is COC(=O)C(C#N)=CC1=CCC(C)(OC)C=C1. The lowest BCUT2D eigenvalue weighted by molar-refractivity contribution is -0.135. The Morgan fingerprint density at radius 1 is 1.59 bits per heavy atom. The number of nitriles is 1. The molecule has 0 fully saturated rings. The van der Waals surface area contributed by atoms with Crippen LogP contribution in [0, 0.1) is 11.3 Å². The number of esters is 1. The summed E-state index contributed by atoms with van der Waals surface area (Å²) >= 11 is 0. The molecule has 0 saturated heterocycles. The molecule has 0 aromatic carbocycles.